The van der Waals surface area contributed by atoms with Crippen LogP contribution < -0.4 is 21.0 Å². The summed E-state index contributed by atoms with van der Waals surface area (Å²) in [5.41, 5.74) is -0.349. The molecule has 0 radical (unpaired) electrons. The molecule has 39 heavy (non-hydrogen) atoms. The van der Waals surface area contributed by atoms with Crippen molar-refractivity contribution in [2.24, 2.45) is 18.4 Å². The molecule has 2 aliphatic heterocycles. The van der Waals surface area contributed by atoms with Crippen molar-refractivity contribution in [3.05, 3.63) is 83.5 Å². The molecule has 3 aliphatic rings. The van der Waals surface area contributed by atoms with Gasteiger partial charge in [0, 0.05) is 17.4 Å². The molecule has 2 fully saturated rings. The number of anilines is 1. The van der Waals surface area contributed by atoms with Gasteiger partial charge in [-0.25, -0.2) is 28.4 Å². The van der Waals surface area contributed by atoms with E-state index in [1.54, 1.807) is 37.3 Å². The minimum atomic E-state index is -1.24. The molecule has 6 rings (SSSR count). The third-order valence-electron chi connectivity index (χ3n) is 8.45. The summed E-state index contributed by atoms with van der Waals surface area (Å²) in [7, 11) is 2.85. The van der Waals surface area contributed by atoms with E-state index in [9.17, 15) is 24.3 Å². The normalized spacial score (nSPS) is 25.7. The summed E-state index contributed by atoms with van der Waals surface area (Å²) >= 11 is 7.03. The summed E-state index contributed by atoms with van der Waals surface area (Å²) in [5.74, 6) is -2.13. The molecule has 3 heterocycles. The van der Waals surface area contributed by atoms with Crippen molar-refractivity contribution in [2.75, 3.05) is 12.0 Å². The van der Waals surface area contributed by atoms with Crippen molar-refractivity contribution < 1.29 is 19.4 Å². The van der Waals surface area contributed by atoms with Crippen LogP contribution in [0.4, 0.5) is 5.69 Å². The van der Waals surface area contributed by atoms with Gasteiger partial charge in [-0.15, -0.1) is 0 Å². The number of phenolic OH excluding ortho intramolecular Hbond substituents is 1. The van der Waals surface area contributed by atoms with Gasteiger partial charge in [0.05, 0.1) is 41.2 Å². The Bertz CT molecular complexity index is 1720. The summed E-state index contributed by atoms with van der Waals surface area (Å²) in [6.45, 7) is 1.92. The van der Waals surface area contributed by atoms with E-state index in [0.717, 1.165) is 10.1 Å². The fourth-order valence-electron chi connectivity index (χ4n) is 6.53. The lowest BCUT2D eigenvalue weighted by molar-refractivity contribution is -0.129. The lowest BCUT2D eigenvalue weighted by atomic mass is 9.56. The fraction of sp³-hybridized carbons (Fsp3) is 0.333. The highest BCUT2D eigenvalue weighted by Crippen LogP contribution is 2.63. The van der Waals surface area contributed by atoms with Crippen molar-refractivity contribution in [3.63, 3.8) is 0 Å². The zero-order chi connectivity index (χ0) is 28.0. The van der Waals surface area contributed by atoms with Crippen LogP contribution >= 0.6 is 31.9 Å². The molecule has 2 amide bonds. The molecule has 10 nitrogen and oxygen atoms in total. The third kappa shape index (κ3) is 3.30. The number of halogens is 2. The minimum Gasteiger partial charge on any atom is -0.503 e. The number of nitrogens with zero attached hydrogens (tertiary/aromatic N) is 4. The third-order valence-corrected chi connectivity index (χ3v) is 10.6. The van der Waals surface area contributed by atoms with E-state index >= 15 is 0 Å². The average Bonchev–Trinajstić information content (AvgIpc) is 3.28. The van der Waals surface area contributed by atoms with Gasteiger partial charge in [-0.1, -0.05) is 24.3 Å². The number of fused-ring (bicyclic) bond motifs is 4. The summed E-state index contributed by atoms with van der Waals surface area (Å²) < 4.78 is 10.1. The predicted octanol–water partition coefficient (Wildman–Crippen LogP) is 3.45. The number of carbonyl (C=O) groups is 2. The number of ether oxygens (including phenoxy) is 1. The van der Waals surface area contributed by atoms with Crippen molar-refractivity contribution in [1.82, 2.24) is 13.9 Å². The molecule has 0 bridgehead atoms. The lowest BCUT2D eigenvalue weighted by Crippen LogP contribution is -2.49. The number of allylic oxidation sites excluding steroid dienone is 2. The Morgan fingerprint density at radius 1 is 1.05 bits per heavy atom. The molecule has 202 valence electrons. The zero-order valence-corrected chi connectivity index (χ0v) is 24.4. The maximum Gasteiger partial charge on any atom is 0.347 e. The van der Waals surface area contributed by atoms with Crippen molar-refractivity contribution in [3.8, 4) is 11.5 Å². The second-order valence-electron chi connectivity index (χ2n) is 10.2. The number of aromatic nitrogens is 3. The Labute approximate surface area is 239 Å². The molecule has 1 aliphatic carbocycles. The molecule has 2 aromatic carbocycles. The summed E-state index contributed by atoms with van der Waals surface area (Å²) in [5, 5.41) is 10.6. The molecule has 1 N–H and O–H groups in total. The molecule has 0 spiro atoms. The maximum atomic E-state index is 14.4. The number of methoxy groups -OCH3 is 1. The first-order valence-electron chi connectivity index (χ1n) is 12.3. The zero-order valence-electron chi connectivity index (χ0n) is 21.2. The number of benzene rings is 2. The molecular weight excluding hydrogens is 636 g/mol. The summed E-state index contributed by atoms with van der Waals surface area (Å²) in [6, 6.07) is 9.78. The van der Waals surface area contributed by atoms with Crippen LogP contribution in [0.3, 0.4) is 0 Å². The molecule has 4 atom stereocenters. The Morgan fingerprint density at radius 3 is 2.41 bits per heavy atom. The van der Waals surface area contributed by atoms with Crippen LogP contribution in [0.25, 0.3) is 0 Å². The van der Waals surface area contributed by atoms with Gasteiger partial charge in [0.15, 0.2) is 11.5 Å². The van der Waals surface area contributed by atoms with E-state index in [0.29, 0.717) is 20.2 Å². The Kier molecular flexibility index (Phi) is 5.85. The van der Waals surface area contributed by atoms with Crippen LogP contribution in [0.5, 0.6) is 11.5 Å². The van der Waals surface area contributed by atoms with Gasteiger partial charge < -0.3 is 9.84 Å². The topological polar surface area (TPSA) is 116 Å². The van der Waals surface area contributed by atoms with Gasteiger partial charge in [-0.05, 0) is 74.5 Å². The average molecular weight is 660 g/mol. The fourth-order valence-corrected chi connectivity index (χ4v) is 7.49. The Hall–Kier alpha value is -3.38. The number of hydrogen-bond acceptors (Lipinski definition) is 6. The number of aromatic hydroxyl groups is 1. The summed E-state index contributed by atoms with van der Waals surface area (Å²) in [6.07, 6.45) is 2.05. The monoisotopic (exact) mass is 658 g/mol. The largest absolute Gasteiger partial charge is 0.503 e. The second kappa shape index (κ2) is 8.82. The number of carbonyl (C=O) groups excluding carboxylic acids is 2. The number of imide groups is 1. The minimum absolute atomic E-state index is 0.118. The smallest absolute Gasteiger partial charge is 0.347 e. The van der Waals surface area contributed by atoms with Gasteiger partial charge in [0.2, 0.25) is 11.8 Å². The second-order valence-corrected chi connectivity index (χ2v) is 11.8. The van der Waals surface area contributed by atoms with Crippen LogP contribution in [0, 0.1) is 11.3 Å². The number of para-hydroxylation sites is 1. The van der Waals surface area contributed by atoms with Gasteiger partial charge in [0.1, 0.15) is 0 Å². The van der Waals surface area contributed by atoms with Crippen molar-refractivity contribution >= 4 is 49.4 Å². The molecule has 3 aromatic rings. The van der Waals surface area contributed by atoms with E-state index in [1.807, 2.05) is 12.1 Å². The van der Waals surface area contributed by atoms with Gasteiger partial charge in [0.25, 0.3) is 0 Å². The van der Waals surface area contributed by atoms with Crippen LogP contribution in [0.2, 0.25) is 0 Å². The standard InChI is InChI=1S/C27H24Br2N4O6/c1-27-16(23(35)32(24(27)36)13-7-5-4-6-8-13)12-17-14(9-10-31-25(37)30(2)26(38)33(17)31)19(27)15-11-18(39-3)22(34)21(29)20(15)28/h4-9,11,16-17,19,34H,10,12H2,1-3H3/t16-,17+,19+,27+/m0/s1. The molecule has 1 saturated heterocycles. The van der Waals surface area contributed by atoms with E-state index in [4.69, 9.17) is 4.74 Å². The lowest BCUT2D eigenvalue weighted by Gasteiger charge is -2.47. The van der Waals surface area contributed by atoms with E-state index < -0.39 is 34.7 Å². The number of rotatable bonds is 3. The predicted molar refractivity (Wildman–Crippen MR) is 149 cm³/mol. The molecule has 1 aromatic heterocycles. The molecule has 12 heteroatoms. The quantitative estimate of drug-likeness (QED) is 0.340. The Morgan fingerprint density at radius 2 is 1.74 bits per heavy atom. The van der Waals surface area contributed by atoms with E-state index in [2.05, 4.69) is 31.9 Å². The van der Waals surface area contributed by atoms with Crippen molar-refractivity contribution in [1.29, 1.82) is 0 Å². The van der Waals surface area contributed by atoms with Gasteiger partial charge in [-0.3, -0.25) is 9.59 Å². The van der Waals surface area contributed by atoms with Crippen molar-refractivity contribution in [2.45, 2.75) is 31.8 Å². The number of hydrogen-bond donors (Lipinski definition) is 1. The van der Waals surface area contributed by atoms with Crippen LogP contribution in [0.1, 0.15) is 30.9 Å². The highest BCUT2D eigenvalue weighted by molar-refractivity contribution is 9.13. The molecular formula is C27H24Br2N4O6. The SMILES string of the molecule is COc1cc([C@H]2C3=CCn4c(=O)n(C)c(=O)n4[C@@H]3C[C@H]3C(=O)N(c4ccccc4)C(=O)[C@@]23C)c(Br)c(Br)c1O. The maximum absolute atomic E-state index is 14.4. The molecule has 1 saturated carbocycles. The van der Waals surface area contributed by atoms with Crippen LogP contribution in [0.15, 0.2) is 66.6 Å². The number of amides is 2. The molecule has 0 unspecified atom stereocenters. The van der Waals surface area contributed by atoms with Crippen LogP contribution in [-0.4, -0.2) is 38.0 Å². The van der Waals surface area contributed by atoms with Crippen LogP contribution in [-0.2, 0) is 23.2 Å². The highest BCUT2D eigenvalue weighted by atomic mass is 79.9. The van der Waals surface area contributed by atoms with Gasteiger partial charge >= 0.3 is 11.4 Å². The van der Waals surface area contributed by atoms with E-state index in [1.165, 1.54) is 28.4 Å². The first-order chi connectivity index (χ1) is 18.5. The first-order valence-corrected chi connectivity index (χ1v) is 13.9. The van der Waals surface area contributed by atoms with E-state index in [-0.39, 0.29) is 36.3 Å². The Balaban J connectivity index is 1.64. The number of phenols is 1. The highest BCUT2D eigenvalue weighted by Gasteiger charge is 2.65. The first kappa shape index (κ1) is 25.9. The van der Waals surface area contributed by atoms with Gasteiger partial charge in [-0.2, -0.15) is 0 Å². The summed E-state index contributed by atoms with van der Waals surface area (Å²) in [4.78, 5) is 55.7.